The molecule has 5 rings (SSSR count). The Hall–Kier alpha value is -0.340. The number of nitrogens with two attached hydrogens (primary N) is 1. The normalized spacial score (nSPS) is 54.4. The largest absolute Gasteiger partial charge is 0.374 e. The molecule has 1 aliphatic heterocycles. The van der Waals surface area contributed by atoms with Crippen molar-refractivity contribution in [1.82, 2.24) is 0 Å². The monoisotopic (exact) mass is 399 g/mol. The molecule has 0 amide bonds. The van der Waals surface area contributed by atoms with Crippen LogP contribution >= 0.6 is 0 Å². The Morgan fingerprint density at radius 1 is 1.10 bits per heavy atom. The van der Waals surface area contributed by atoms with E-state index in [1.54, 1.807) is 0 Å². The van der Waals surface area contributed by atoms with Gasteiger partial charge in [-0.25, -0.2) is 0 Å². The van der Waals surface area contributed by atoms with Crippen molar-refractivity contribution in [1.29, 1.82) is 0 Å². The summed E-state index contributed by atoms with van der Waals surface area (Å²) in [6.07, 6.45) is 18.4. The van der Waals surface area contributed by atoms with Crippen molar-refractivity contribution in [2.24, 2.45) is 58.0 Å². The molecule has 164 valence electrons. The molecule has 2 nitrogen and oxygen atoms in total. The Balaban J connectivity index is 1.33. The number of fused-ring (bicyclic) bond motifs is 7. The van der Waals surface area contributed by atoms with Gasteiger partial charge >= 0.3 is 0 Å². The second kappa shape index (κ2) is 7.37. The van der Waals surface area contributed by atoms with Crippen molar-refractivity contribution in [3.8, 4) is 0 Å². The van der Waals surface area contributed by atoms with E-state index in [0.717, 1.165) is 42.1 Å². The smallest absolute Gasteiger partial charge is 0.0618 e. The summed E-state index contributed by atoms with van der Waals surface area (Å²) in [7, 11) is 0. The third kappa shape index (κ3) is 3.02. The summed E-state index contributed by atoms with van der Waals surface area (Å²) in [4.78, 5) is 0. The van der Waals surface area contributed by atoms with Crippen LogP contribution in [-0.2, 0) is 4.74 Å². The second-order valence-corrected chi connectivity index (χ2v) is 12.4. The summed E-state index contributed by atoms with van der Waals surface area (Å²) in [5.74, 6) is 5.92. The maximum absolute atomic E-state index is 6.81. The lowest BCUT2D eigenvalue weighted by atomic mass is 9.45. The molecule has 2 N–H and O–H groups in total. The maximum atomic E-state index is 6.81. The minimum Gasteiger partial charge on any atom is -0.374 e. The van der Waals surface area contributed by atoms with E-state index in [1.807, 2.05) is 0 Å². The lowest BCUT2D eigenvalue weighted by molar-refractivity contribution is -0.102. The van der Waals surface area contributed by atoms with Gasteiger partial charge in [0.2, 0.25) is 0 Å². The molecular formula is C27H45NO. The minimum atomic E-state index is 0.478. The van der Waals surface area contributed by atoms with Crippen molar-refractivity contribution in [3.63, 3.8) is 0 Å². The van der Waals surface area contributed by atoms with Crippen LogP contribution in [0.15, 0.2) is 12.2 Å². The van der Waals surface area contributed by atoms with Gasteiger partial charge in [0.25, 0.3) is 0 Å². The number of ether oxygens (including phenoxy) is 1. The molecule has 2 unspecified atom stereocenters. The summed E-state index contributed by atoms with van der Waals surface area (Å²) in [6.45, 7) is 11.0. The van der Waals surface area contributed by atoms with Crippen LogP contribution in [0.3, 0.4) is 0 Å². The number of hydrogen-bond acceptors (Lipinski definition) is 2. The van der Waals surface area contributed by atoms with Crippen LogP contribution < -0.4 is 5.73 Å². The zero-order valence-electron chi connectivity index (χ0n) is 19.4. The zero-order valence-corrected chi connectivity index (χ0v) is 19.4. The van der Waals surface area contributed by atoms with Gasteiger partial charge in [-0.3, -0.25) is 0 Å². The maximum Gasteiger partial charge on any atom is 0.0618 e. The molecule has 1 heterocycles. The van der Waals surface area contributed by atoms with Crippen LogP contribution in [0.4, 0.5) is 0 Å². The molecule has 0 aromatic heterocycles. The average Bonchev–Trinajstić information content (AvgIpc) is 3.19. The molecule has 2 heteroatoms. The van der Waals surface area contributed by atoms with Crippen molar-refractivity contribution in [3.05, 3.63) is 12.2 Å². The minimum absolute atomic E-state index is 0.478. The summed E-state index contributed by atoms with van der Waals surface area (Å²) < 4.78 is 6.81. The van der Waals surface area contributed by atoms with Gasteiger partial charge in [0.05, 0.1) is 12.2 Å². The van der Waals surface area contributed by atoms with Crippen molar-refractivity contribution >= 4 is 0 Å². The van der Waals surface area contributed by atoms with Crippen molar-refractivity contribution < 1.29 is 4.74 Å². The third-order valence-electron chi connectivity index (χ3n) is 11.1. The van der Waals surface area contributed by atoms with Gasteiger partial charge in [0, 0.05) is 0 Å². The Morgan fingerprint density at radius 2 is 1.93 bits per heavy atom. The first kappa shape index (κ1) is 20.6. The van der Waals surface area contributed by atoms with E-state index in [2.05, 4.69) is 39.8 Å². The van der Waals surface area contributed by atoms with E-state index in [4.69, 9.17) is 10.5 Å². The van der Waals surface area contributed by atoms with E-state index in [9.17, 15) is 0 Å². The summed E-state index contributed by atoms with van der Waals surface area (Å²) in [6, 6.07) is 0. The Kier molecular flexibility index (Phi) is 5.22. The lowest BCUT2D eigenvalue weighted by Crippen LogP contribution is -2.52. The van der Waals surface area contributed by atoms with Crippen LogP contribution in [0, 0.1) is 52.3 Å². The first-order valence-electron chi connectivity index (χ1n) is 12.9. The van der Waals surface area contributed by atoms with E-state index in [-0.39, 0.29) is 0 Å². The molecule has 0 aromatic rings. The molecule has 0 radical (unpaired) electrons. The summed E-state index contributed by atoms with van der Waals surface area (Å²) >= 11 is 0. The number of rotatable bonds is 4. The SMILES string of the molecule is CC(CN)CC[C@H]1O[C@H]2C[C@H]3[C@@H]4CCC5CC=CC[C@]5(C)[C@H]4CC[C@]3(C)[C@H]2[C@@H]1C. The summed E-state index contributed by atoms with van der Waals surface area (Å²) in [5.41, 5.74) is 6.96. The fraction of sp³-hybridized carbons (Fsp3) is 0.926. The van der Waals surface area contributed by atoms with Gasteiger partial charge < -0.3 is 10.5 Å². The van der Waals surface area contributed by atoms with Crippen LogP contribution in [0.25, 0.3) is 0 Å². The first-order chi connectivity index (χ1) is 13.9. The van der Waals surface area contributed by atoms with Crippen LogP contribution in [-0.4, -0.2) is 18.8 Å². The quantitative estimate of drug-likeness (QED) is 0.571. The Morgan fingerprint density at radius 3 is 2.72 bits per heavy atom. The molecule has 0 bridgehead atoms. The highest BCUT2D eigenvalue weighted by Gasteiger charge is 2.65. The average molecular weight is 400 g/mol. The Bertz CT molecular complexity index is 644. The molecule has 1 saturated heterocycles. The molecule has 29 heavy (non-hydrogen) atoms. The topological polar surface area (TPSA) is 35.2 Å². The summed E-state index contributed by atoms with van der Waals surface area (Å²) in [5, 5.41) is 0. The predicted octanol–water partition coefficient (Wildman–Crippen LogP) is 6.20. The molecule has 0 aromatic carbocycles. The third-order valence-corrected chi connectivity index (χ3v) is 11.1. The zero-order chi connectivity index (χ0) is 20.4. The molecule has 3 saturated carbocycles. The van der Waals surface area contributed by atoms with Crippen LogP contribution in [0.5, 0.6) is 0 Å². The van der Waals surface area contributed by atoms with Gasteiger partial charge in [-0.15, -0.1) is 0 Å². The fourth-order valence-electron chi connectivity index (χ4n) is 9.42. The van der Waals surface area contributed by atoms with Crippen LogP contribution in [0.2, 0.25) is 0 Å². The van der Waals surface area contributed by atoms with E-state index in [0.29, 0.717) is 29.0 Å². The first-order valence-corrected chi connectivity index (χ1v) is 12.9. The van der Waals surface area contributed by atoms with Crippen molar-refractivity contribution in [2.45, 2.75) is 97.7 Å². The van der Waals surface area contributed by atoms with Gasteiger partial charge in [0.15, 0.2) is 0 Å². The van der Waals surface area contributed by atoms with E-state index < -0.39 is 0 Å². The van der Waals surface area contributed by atoms with Gasteiger partial charge in [-0.2, -0.15) is 0 Å². The van der Waals surface area contributed by atoms with Gasteiger partial charge in [0.1, 0.15) is 0 Å². The highest BCUT2D eigenvalue weighted by molar-refractivity contribution is 5.15. The highest BCUT2D eigenvalue weighted by atomic mass is 16.5. The lowest BCUT2D eigenvalue weighted by Gasteiger charge is -2.60. The molecule has 4 fully saturated rings. The molecule has 5 aliphatic rings. The van der Waals surface area contributed by atoms with E-state index >= 15 is 0 Å². The fourth-order valence-corrected chi connectivity index (χ4v) is 9.42. The number of allylic oxidation sites excluding steroid dienone is 2. The second-order valence-electron chi connectivity index (χ2n) is 12.4. The number of hydrogen-bond donors (Lipinski definition) is 1. The molecule has 11 atom stereocenters. The van der Waals surface area contributed by atoms with E-state index in [1.165, 1.54) is 57.8 Å². The molecule has 4 aliphatic carbocycles. The van der Waals surface area contributed by atoms with Crippen LogP contribution in [0.1, 0.15) is 85.5 Å². The van der Waals surface area contributed by atoms with Gasteiger partial charge in [-0.05, 0) is 117 Å². The predicted molar refractivity (Wildman–Crippen MR) is 120 cm³/mol. The van der Waals surface area contributed by atoms with Gasteiger partial charge in [-0.1, -0.05) is 39.8 Å². The highest BCUT2D eigenvalue weighted by Crippen LogP contribution is 2.69. The molecular weight excluding hydrogens is 354 g/mol. The standard InChI is InChI=1S/C27H45NO/c1-17(16-28)8-11-23-18(2)25-24(29-23)15-22-20-10-9-19-7-5-6-13-26(19,3)21(20)12-14-27(22,25)4/h5-6,17-25H,7-16,28H2,1-4H3/t17?,18-,19?,20-,21+,22+,23-,24+,25+,26+,27+/m1/s1. The van der Waals surface area contributed by atoms with Crippen molar-refractivity contribution in [2.75, 3.05) is 6.54 Å². The molecule has 0 spiro atoms. The Labute approximate surface area is 179 Å².